The Morgan fingerprint density at radius 3 is 2.76 bits per heavy atom. The molecule has 0 radical (unpaired) electrons. The molecule has 134 valence electrons. The molecule has 1 N–H and O–H groups in total. The van der Waals surface area contributed by atoms with Gasteiger partial charge in [-0.25, -0.2) is 8.42 Å². The number of nitrogens with one attached hydrogen (secondary N) is 1. The number of nitrogens with zero attached hydrogens (tertiary/aromatic N) is 1. The second-order valence-corrected chi connectivity index (χ2v) is 9.33. The van der Waals surface area contributed by atoms with E-state index in [1.165, 1.54) is 15.6 Å². The van der Waals surface area contributed by atoms with Crippen LogP contribution in [0.2, 0.25) is 0 Å². The lowest BCUT2D eigenvalue weighted by Gasteiger charge is -2.34. The number of thiophene rings is 1. The topological polar surface area (TPSA) is 66.5 Å². The standard InChI is InChI=1S/C18H22N2O3S2/c1-14-7-2-3-9-16(14)19-17(21)13-15-8-4-5-11-20(15)25(22,23)18-10-6-12-24-18/h2-3,6-7,9-10,12,15H,4-5,8,11,13H2,1H3,(H,19,21). The van der Waals surface area contributed by atoms with Gasteiger partial charge in [-0.3, -0.25) is 4.79 Å². The highest BCUT2D eigenvalue weighted by Crippen LogP contribution is 2.29. The molecule has 1 saturated heterocycles. The Kier molecular flexibility index (Phi) is 5.56. The minimum absolute atomic E-state index is 0.146. The molecule has 3 rings (SSSR count). The third kappa shape index (κ3) is 4.11. The van der Waals surface area contributed by atoms with Gasteiger partial charge >= 0.3 is 0 Å². The number of hydrogen-bond donors (Lipinski definition) is 1. The second kappa shape index (κ2) is 7.68. The molecule has 1 aromatic heterocycles. The first-order valence-electron chi connectivity index (χ1n) is 8.39. The van der Waals surface area contributed by atoms with Gasteiger partial charge in [0, 0.05) is 24.7 Å². The summed E-state index contributed by atoms with van der Waals surface area (Å²) >= 11 is 1.22. The predicted octanol–water partition coefficient (Wildman–Crippen LogP) is 3.63. The fraction of sp³-hybridized carbons (Fsp3) is 0.389. The zero-order chi connectivity index (χ0) is 17.9. The summed E-state index contributed by atoms with van der Waals surface area (Å²) in [5.74, 6) is -0.146. The number of amides is 1. The molecule has 25 heavy (non-hydrogen) atoms. The lowest BCUT2D eigenvalue weighted by molar-refractivity contribution is -0.117. The first kappa shape index (κ1) is 18.1. The minimum Gasteiger partial charge on any atom is -0.326 e. The van der Waals surface area contributed by atoms with Crippen molar-refractivity contribution in [1.29, 1.82) is 0 Å². The molecule has 7 heteroatoms. The van der Waals surface area contributed by atoms with Crippen molar-refractivity contribution in [3.8, 4) is 0 Å². The number of carbonyl (C=O) groups excluding carboxylic acids is 1. The SMILES string of the molecule is Cc1ccccc1NC(=O)CC1CCCCN1S(=O)(=O)c1cccs1. The quantitative estimate of drug-likeness (QED) is 0.864. The van der Waals surface area contributed by atoms with Gasteiger partial charge in [0.15, 0.2) is 0 Å². The van der Waals surface area contributed by atoms with Crippen LogP contribution < -0.4 is 5.32 Å². The van der Waals surface area contributed by atoms with Crippen molar-refractivity contribution in [3.63, 3.8) is 0 Å². The number of piperidine rings is 1. The van der Waals surface area contributed by atoms with Gasteiger partial charge in [0.25, 0.3) is 10.0 Å². The number of para-hydroxylation sites is 1. The Hall–Kier alpha value is -1.70. The third-order valence-electron chi connectivity index (χ3n) is 4.47. The Balaban J connectivity index is 1.73. The van der Waals surface area contributed by atoms with Crippen molar-refractivity contribution in [1.82, 2.24) is 4.31 Å². The lowest BCUT2D eigenvalue weighted by atomic mass is 10.0. The molecule has 1 fully saturated rings. The van der Waals surface area contributed by atoms with Crippen LogP contribution in [0.1, 0.15) is 31.2 Å². The molecular formula is C18H22N2O3S2. The van der Waals surface area contributed by atoms with E-state index in [0.717, 1.165) is 24.1 Å². The van der Waals surface area contributed by atoms with E-state index in [0.29, 0.717) is 17.2 Å². The summed E-state index contributed by atoms with van der Waals surface area (Å²) < 4.78 is 27.6. The predicted molar refractivity (Wildman–Crippen MR) is 100 cm³/mol. The molecule has 1 amide bonds. The fourth-order valence-electron chi connectivity index (χ4n) is 3.15. The summed E-state index contributed by atoms with van der Waals surface area (Å²) in [7, 11) is -3.52. The van der Waals surface area contributed by atoms with Crippen LogP contribution >= 0.6 is 11.3 Å². The van der Waals surface area contributed by atoms with E-state index in [1.54, 1.807) is 17.5 Å². The molecule has 1 atom stereocenters. The van der Waals surface area contributed by atoms with Gasteiger partial charge in [-0.1, -0.05) is 30.7 Å². The van der Waals surface area contributed by atoms with Crippen LogP contribution in [0.3, 0.4) is 0 Å². The van der Waals surface area contributed by atoms with Crippen LogP contribution in [0.5, 0.6) is 0 Å². The van der Waals surface area contributed by atoms with E-state index in [4.69, 9.17) is 0 Å². The number of rotatable bonds is 5. The second-order valence-electron chi connectivity index (χ2n) is 6.26. The van der Waals surface area contributed by atoms with E-state index in [9.17, 15) is 13.2 Å². The molecule has 0 spiro atoms. The number of anilines is 1. The van der Waals surface area contributed by atoms with Crippen LogP contribution in [0, 0.1) is 6.92 Å². The fourth-order valence-corrected chi connectivity index (χ4v) is 5.96. The van der Waals surface area contributed by atoms with Crippen molar-refractivity contribution in [2.24, 2.45) is 0 Å². The first-order chi connectivity index (χ1) is 12.0. The maximum atomic E-state index is 12.9. The van der Waals surface area contributed by atoms with E-state index in [-0.39, 0.29) is 18.4 Å². The molecular weight excluding hydrogens is 356 g/mol. The molecule has 0 bridgehead atoms. The average Bonchev–Trinajstić information content (AvgIpc) is 3.13. The zero-order valence-electron chi connectivity index (χ0n) is 14.1. The van der Waals surface area contributed by atoms with Gasteiger partial charge in [-0.05, 0) is 42.8 Å². The average molecular weight is 379 g/mol. The van der Waals surface area contributed by atoms with Crippen LogP contribution in [0.4, 0.5) is 5.69 Å². The van der Waals surface area contributed by atoms with Gasteiger partial charge in [0.1, 0.15) is 4.21 Å². The highest BCUT2D eigenvalue weighted by molar-refractivity contribution is 7.91. The normalized spacial score (nSPS) is 18.8. The third-order valence-corrected chi connectivity index (χ3v) is 7.80. The Labute approximate surface area is 152 Å². The molecule has 1 aromatic carbocycles. The Morgan fingerprint density at radius 1 is 1.24 bits per heavy atom. The Bertz CT molecular complexity index is 832. The number of aryl methyl sites for hydroxylation is 1. The first-order valence-corrected chi connectivity index (χ1v) is 10.7. The maximum Gasteiger partial charge on any atom is 0.252 e. The molecule has 1 aliphatic heterocycles. The van der Waals surface area contributed by atoms with Crippen LogP contribution in [-0.4, -0.2) is 31.2 Å². The van der Waals surface area contributed by atoms with E-state index in [2.05, 4.69) is 5.32 Å². The van der Waals surface area contributed by atoms with Gasteiger partial charge in [0.2, 0.25) is 5.91 Å². The summed E-state index contributed by atoms with van der Waals surface area (Å²) in [5.41, 5.74) is 1.76. The molecule has 5 nitrogen and oxygen atoms in total. The molecule has 0 saturated carbocycles. The summed E-state index contributed by atoms with van der Waals surface area (Å²) in [6.45, 7) is 2.41. The Morgan fingerprint density at radius 2 is 2.04 bits per heavy atom. The van der Waals surface area contributed by atoms with E-state index >= 15 is 0 Å². The lowest BCUT2D eigenvalue weighted by Crippen LogP contribution is -2.45. The monoisotopic (exact) mass is 378 g/mol. The van der Waals surface area contributed by atoms with Crippen LogP contribution in [0.25, 0.3) is 0 Å². The van der Waals surface area contributed by atoms with Crippen molar-refractivity contribution >= 4 is 33.0 Å². The highest BCUT2D eigenvalue weighted by Gasteiger charge is 2.35. The molecule has 2 aromatic rings. The van der Waals surface area contributed by atoms with E-state index in [1.807, 2.05) is 31.2 Å². The van der Waals surface area contributed by atoms with Gasteiger partial charge in [-0.15, -0.1) is 11.3 Å². The summed E-state index contributed by atoms with van der Waals surface area (Å²) in [5, 5.41) is 4.67. The molecule has 1 unspecified atom stereocenters. The number of sulfonamides is 1. The number of carbonyl (C=O) groups is 1. The number of benzene rings is 1. The zero-order valence-corrected chi connectivity index (χ0v) is 15.8. The van der Waals surface area contributed by atoms with Gasteiger partial charge < -0.3 is 5.32 Å². The maximum absolute atomic E-state index is 12.9. The number of hydrogen-bond acceptors (Lipinski definition) is 4. The van der Waals surface area contributed by atoms with Crippen LogP contribution in [0.15, 0.2) is 46.0 Å². The van der Waals surface area contributed by atoms with Crippen molar-refractivity contribution in [2.45, 2.75) is 42.9 Å². The van der Waals surface area contributed by atoms with Crippen molar-refractivity contribution < 1.29 is 13.2 Å². The molecule has 1 aliphatic rings. The summed E-state index contributed by atoms with van der Waals surface area (Å²) in [6.07, 6.45) is 2.67. The van der Waals surface area contributed by atoms with Crippen molar-refractivity contribution in [2.75, 3.05) is 11.9 Å². The minimum atomic E-state index is -3.52. The van der Waals surface area contributed by atoms with Crippen molar-refractivity contribution in [3.05, 3.63) is 47.3 Å². The largest absolute Gasteiger partial charge is 0.326 e. The smallest absolute Gasteiger partial charge is 0.252 e. The van der Waals surface area contributed by atoms with Gasteiger partial charge in [0.05, 0.1) is 0 Å². The molecule has 0 aliphatic carbocycles. The highest BCUT2D eigenvalue weighted by atomic mass is 32.2. The summed E-state index contributed by atoms with van der Waals surface area (Å²) in [4.78, 5) is 12.5. The molecule has 2 heterocycles. The van der Waals surface area contributed by atoms with Crippen LogP contribution in [-0.2, 0) is 14.8 Å². The van der Waals surface area contributed by atoms with Gasteiger partial charge in [-0.2, -0.15) is 4.31 Å². The summed E-state index contributed by atoms with van der Waals surface area (Å²) in [6, 6.07) is 10.7. The van der Waals surface area contributed by atoms with E-state index < -0.39 is 10.0 Å².